The van der Waals surface area contributed by atoms with E-state index in [0.717, 1.165) is 27.3 Å². The zero-order chi connectivity index (χ0) is 62.8. The molecule has 3 aromatic rings. The lowest BCUT2D eigenvalue weighted by Crippen LogP contribution is -2.63. The van der Waals surface area contributed by atoms with Crippen LogP contribution in [0.3, 0.4) is 0 Å². The molecule has 1 saturated heterocycles. The Balaban J connectivity index is 1.30. The molecule has 7 amide bonds. The Bertz CT molecular complexity index is 2970. The molecule has 0 spiro atoms. The first-order chi connectivity index (χ1) is 39.9. The van der Waals surface area contributed by atoms with Crippen LogP contribution in [-0.4, -0.2) is 137 Å². The molecule has 0 unspecified atom stereocenters. The van der Waals surface area contributed by atoms with Crippen molar-refractivity contribution >= 4 is 80.8 Å². The lowest BCUT2D eigenvalue weighted by Gasteiger charge is -2.35. The average molecular weight is 1250 g/mol. The van der Waals surface area contributed by atoms with Crippen LogP contribution in [-0.2, 0) is 63.8 Å². The Morgan fingerprint density at radius 1 is 0.753 bits per heavy atom. The quantitative estimate of drug-likeness (QED) is 0.0326. The monoisotopic (exact) mass is 1250 g/mol. The van der Waals surface area contributed by atoms with Gasteiger partial charge in [0.25, 0.3) is 5.69 Å². The van der Waals surface area contributed by atoms with Crippen molar-refractivity contribution in [1.82, 2.24) is 31.5 Å². The van der Waals surface area contributed by atoms with Gasteiger partial charge in [-0.2, -0.15) is 5.06 Å². The summed E-state index contributed by atoms with van der Waals surface area (Å²) in [5.74, 6) is -8.61. The van der Waals surface area contributed by atoms with E-state index in [-0.39, 0.29) is 49.8 Å². The molecule has 2 heterocycles. The highest BCUT2D eigenvalue weighted by atomic mass is 79.9. The lowest BCUT2D eigenvalue weighted by molar-refractivity contribution is -0.384. The topological polar surface area (TPSA) is 326 Å². The summed E-state index contributed by atoms with van der Waals surface area (Å²) in [7, 11) is 0. The number of anilines is 1. The van der Waals surface area contributed by atoms with Gasteiger partial charge in [0.15, 0.2) is 5.69 Å². The van der Waals surface area contributed by atoms with Gasteiger partial charge in [-0.15, -0.1) is 0 Å². The fraction of sp³-hybridized carbons (Fsp3) is 0.550. The highest BCUT2D eigenvalue weighted by Gasteiger charge is 2.42. The number of primary amides is 1. The lowest BCUT2D eigenvalue weighted by atomic mass is 9.96. The van der Waals surface area contributed by atoms with Crippen molar-refractivity contribution < 1.29 is 67.1 Å². The Labute approximate surface area is 503 Å². The van der Waals surface area contributed by atoms with Crippen LogP contribution in [0.25, 0.3) is 11.1 Å². The third-order valence-electron chi connectivity index (χ3n) is 14.9. The number of amides is 7. The second-order valence-electron chi connectivity index (χ2n) is 24.0. The summed E-state index contributed by atoms with van der Waals surface area (Å²) in [6.45, 7) is 18.5. The molecule has 462 valence electrons. The molecule has 85 heavy (non-hydrogen) atoms. The number of likely N-dealkylation sites (tertiary alicyclic amines) is 1. The number of hydrogen-bond acceptors (Lipinski definition) is 16. The molecule has 6 rings (SSSR count). The molecule has 25 heteroatoms. The van der Waals surface area contributed by atoms with Crippen molar-refractivity contribution in [2.45, 2.75) is 181 Å². The van der Waals surface area contributed by atoms with Gasteiger partial charge in [-0.3, -0.25) is 43.7 Å². The number of nitrogens with one attached hydrogen (secondary N) is 5. The van der Waals surface area contributed by atoms with E-state index in [1.807, 2.05) is 48.5 Å². The van der Waals surface area contributed by atoms with E-state index in [4.69, 9.17) is 24.8 Å². The highest BCUT2D eigenvalue weighted by Crippen LogP contribution is 2.45. The molecule has 1 fully saturated rings. The number of nitrogens with two attached hydrogens (primary N) is 1. The molecule has 2 aliphatic heterocycles. The number of hydroxylamine groups is 1. The van der Waals surface area contributed by atoms with Gasteiger partial charge < -0.3 is 56.3 Å². The summed E-state index contributed by atoms with van der Waals surface area (Å²) in [6, 6.07) is 9.61. The van der Waals surface area contributed by atoms with Crippen molar-refractivity contribution in [3.05, 3.63) is 91.9 Å². The average Bonchev–Trinajstić information content (AvgIpc) is 1.94. The maximum Gasteiger partial charge on any atom is 0.407 e. The van der Waals surface area contributed by atoms with Gasteiger partial charge in [0.05, 0.1) is 29.6 Å². The Morgan fingerprint density at radius 3 is 1.92 bits per heavy atom. The number of hydrogen-bond donors (Lipinski definition) is 6. The van der Waals surface area contributed by atoms with E-state index in [1.54, 1.807) is 82.2 Å². The largest absolute Gasteiger partial charge is 0.460 e. The summed E-state index contributed by atoms with van der Waals surface area (Å²) < 4.78 is 17.9. The van der Waals surface area contributed by atoms with Crippen LogP contribution in [0.2, 0.25) is 0 Å². The first-order valence-corrected chi connectivity index (χ1v) is 29.4. The van der Waals surface area contributed by atoms with Gasteiger partial charge in [-0.1, -0.05) is 98.6 Å². The van der Waals surface area contributed by atoms with E-state index in [1.165, 1.54) is 11.0 Å². The Kier molecular flexibility index (Phi) is 22.3. The molecule has 0 aromatic heterocycles. The predicted octanol–water partition coefficient (Wildman–Crippen LogP) is 5.92. The van der Waals surface area contributed by atoms with Crippen molar-refractivity contribution in [2.75, 3.05) is 24.8 Å². The number of nitro groups is 1. The van der Waals surface area contributed by atoms with E-state index in [9.17, 15) is 53.3 Å². The van der Waals surface area contributed by atoms with Crippen molar-refractivity contribution in [2.24, 2.45) is 17.6 Å². The molecule has 8 atom stereocenters. The molecule has 3 aliphatic rings. The van der Waals surface area contributed by atoms with Crippen LogP contribution in [0.5, 0.6) is 0 Å². The standard InChI is InChI=1S/C60H80BrN9O15/c1-12-33(4)49(55(76)67-50(34(5)83-59(6,7)8)56(77)65-48(32(2)3)57(78)68-26-17-22-44(68)52(62)73)66-54(75)43(30-47(72)85-69-27-25-35-28-36(61)29-45(51(35)69)70(80)81)63-53(74)42(23-24-46(71)84-60(9,10)11)64-58(79)82-31-41-39-20-15-13-18-37(39)38-19-14-16-21-40(38)41/h13-16,18-21,28-29,32-34,41-44,48-50H,12,17,22-27,30-31H2,1-11H3,(H2,62,73)(H,63,74)(H,64,79)(H,65,77)(H,66,75)(H,67,76)/t33-,34+,42-,43-,44-,48-,49-,50-/m0/s1. The summed E-state index contributed by atoms with van der Waals surface area (Å²) >= 11 is 3.28. The Morgan fingerprint density at radius 2 is 1.34 bits per heavy atom. The number of esters is 1. The molecule has 3 aromatic carbocycles. The zero-order valence-electron chi connectivity index (χ0n) is 50.0. The fourth-order valence-corrected chi connectivity index (χ4v) is 11.2. The highest BCUT2D eigenvalue weighted by molar-refractivity contribution is 9.10. The molecule has 24 nitrogen and oxygen atoms in total. The maximum absolute atomic E-state index is 14.9. The number of ether oxygens (including phenoxy) is 3. The molecule has 0 radical (unpaired) electrons. The predicted molar refractivity (Wildman–Crippen MR) is 316 cm³/mol. The van der Waals surface area contributed by atoms with E-state index < -0.39 is 143 Å². The molecule has 7 N–H and O–H groups in total. The van der Waals surface area contributed by atoms with Crippen LogP contribution in [0.4, 0.5) is 16.2 Å². The van der Waals surface area contributed by atoms with Gasteiger partial charge in [0, 0.05) is 29.4 Å². The summed E-state index contributed by atoms with van der Waals surface area (Å²) in [4.78, 5) is 145. The number of benzene rings is 3. The number of halogens is 1. The number of carbonyl (C=O) groups is 9. The Hall–Kier alpha value is -7.67. The van der Waals surface area contributed by atoms with Crippen LogP contribution in [0.15, 0.2) is 65.1 Å². The summed E-state index contributed by atoms with van der Waals surface area (Å²) in [5.41, 5.74) is 7.71. The van der Waals surface area contributed by atoms with Crippen LogP contribution in [0, 0.1) is 22.0 Å². The van der Waals surface area contributed by atoms with Crippen LogP contribution < -0.4 is 37.4 Å². The van der Waals surface area contributed by atoms with Gasteiger partial charge in [0.1, 0.15) is 48.5 Å². The molecular weight excluding hydrogens is 1170 g/mol. The van der Waals surface area contributed by atoms with Gasteiger partial charge in [-0.05, 0) is 120 Å². The summed E-state index contributed by atoms with van der Waals surface area (Å²) in [6.07, 6.45) is -2.53. The SMILES string of the molecule is CC[C@H](C)[C@H](NC(=O)[C@H](CC(=O)ON1CCc2cc(Br)cc([N+](=O)[O-])c21)NC(=O)[C@H](CCC(=O)OC(C)(C)C)NC(=O)OCC1c2ccccc2-c2ccccc21)C(=O)N[C@H](C(=O)N[C@H](C(=O)N1CCC[C@H]1C(N)=O)C(C)C)[C@@H](C)OC(C)(C)C. The maximum atomic E-state index is 14.9. The van der Waals surface area contributed by atoms with Gasteiger partial charge in [0.2, 0.25) is 35.4 Å². The molecule has 0 saturated carbocycles. The minimum atomic E-state index is -1.91. The number of nitrogens with zero attached hydrogens (tertiary/aromatic N) is 3. The first-order valence-electron chi connectivity index (χ1n) is 28.6. The van der Waals surface area contributed by atoms with Gasteiger partial charge in [-0.25, -0.2) is 9.59 Å². The number of alkyl carbamates (subject to hydrolysis) is 1. The number of rotatable bonds is 25. The number of nitro benzene ring substituents is 1. The second-order valence-corrected chi connectivity index (χ2v) is 24.9. The second kappa shape index (κ2) is 28.5. The van der Waals surface area contributed by atoms with Crippen LogP contribution >= 0.6 is 15.9 Å². The van der Waals surface area contributed by atoms with Crippen LogP contribution in [0.1, 0.15) is 137 Å². The number of fused-ring (bicyclic) bond motifs is 4. The van der Waals surface area contributed by atoms with E-state index in [0.29, 0.717) is 22.9 Å². The minimum absolute atomic E-state index is 0.00664. The smallest absolute Gasteiger partial charge is 0.407 e. The number of carbonyl (C=O) groups excluding carboxylic acids is 9. The normalized spacial score (nSPS) is 17.1. The van der Waals surface area contributed by atoms with Crippen molar-refractivity contribution in [3.63, 3.8) is 0 Å². The van der Waals surface area contributed by atoms with E-state index >= 15 is 0 Å². The fourth-order valence-electron chi connectivity index (χ4n) is 10.7. The third-order valence-corrected chi connectivity index (χ3v) is 15.3. The van der Waals surface area contributed by atoms with Crippen molar-refractivity contribution in [3.8, 4) is 11.1 Å². The third kappa shape index (κ3) is 17.5. The van der Waals surface area contributed by atoms with E-state index in [2.05, 4.69) is 42.5 Å². The molecular formula is C60H80BrN9O15. The van der Waals surface area contributed by atoms with Gasteiger partial charge >= 0.3 is 18.0 Å². The zero-order valence-corrected chi connectivity index (χ0v) is 51.6. The van der Waals surface area contributed by atoms with Crippen molar-refractivity contribution in [1.29, 1.82) is 0 Å². The molecule has 0 bridgehead atoms. The summed E-state index contributed by atoms with van der Waals surface area (Å²) in [5, 5.41) is 26.4. The molecule has 1 aliphatic carbocycles. The first kappa shape index (κ1) is 66.5. The minimum Gasteiger partial charge on any atom is -0.460 e.